The lowest BCUT2D eigenvalue weighted by molar-refractivity contribution is 0.392. The van der Waals surface area contributed by atoms with E-state index in [9.17, 15) is 0 Å². The molecule has 0 aromatic heterocycles. The van der Waals surface area contributed by atoms with Gasteiger partial charge in [-0.3, -0.25) is 4.99 Å². The summed E-state index contributed by atoms with van der Waals surface area (Å²) in [5, 5.41) is 2.62. The van der Waals surface area contributed by atoms with Crippen LogP contribution in [0.25, 0.3) is 0 Å². The van der Waals surface area contributed by atoms with Crippen LogP contribution in [0.2, 0.25) is 0 Å². The molecule has 0 atom stereocenters. The summed E-state index contributed by atoms with van der Waals surface area (Å²) in [5.41, 5.74) is 1.20. The summed E-state index contributed by atoms with van der Waals surface area (Å²) in [6, 6.07) is 0. The molecule has 0 amide bonds. The summed E-state index contributed by atoms with van der Waals surface area (Å²) < 4.78 is 5.00. The van der Waals surface area contributed by atoms with Crippen LogP contribution in [0.3, 0.4) is 0 Å². The largest absolute Gasteiger partial charge is 0.459 e. The van der Waals surface area contributed by atoms with Crippen LogP contribution in [-0.2, 0) is 4.74 Å². The third kappa shape index (κ3) is 7.82. The average Bonchev–Trinajstić information content (AvgIpc) is 2.23. The van der Waals surface area contributed by atoms with Crippen LogP contribution < -0.4 is 0 Å². The zero-order chi connectivity index (χ0) is 11.5. The van der Waals surface area contributed by atoms with Crippen LogP contribution in [0.1, 0.15) is 13.3 Å². The lowest BCUT2D eigenvalue weighted by Crippen LogP contribution is -1.77. The molecule has 0 spiro atoms. The van der Waals surface area contributed by atoms with Crippen molar-refractivity contribution < 1.29 is 4.74 Å². The number of hydrogen-bond donors (Lipinski definition) is 0. The Morgan fingerprint density at radius 2 is 2.27 bits per heavy atom. The highest BCUT2D eigenvalue weighted by Crippen LogP contribution is 2.20. The third-order valence-electron chi connectivity index (χ3n) is 1.51. The first-order chi connectivity index (χ1) is 7.24. The number of nitrogens with zero attached hydrogens (tertiary/aromatic N) is 1. The number of ether oxygens (including phenoxy) is 1. The first-order valence-corrected chi connectivity index (χ1v) is 5.53. The quantitative estimate of drug-likeness (QED) is 0.371. The SMILES string of the molecule is C=COC(=C)S\C=C(/C=C\C=N/C)CC. The monoisotopic (exact) mass is 223 g/mol. The highest BCUT2D eigenvalue weighted by molar-refractivity contribution is 8.05. The van der Waals surface area contributed by atoms with Crippen molar-refractivity contribution in [3.8, 4) is 0 Å². The van der Waals surface area contributed by atoms with Gasteiger partial charge in [0, 0.05) is 13.3 Å². The molecule has 0 rings (SSSR count). The molecule has 82 valence electrons. The average molecular weight is 223 g/mol. The topological polar surface area (TPSA) is 21.6 Å². The van der Waals surface area contributed by atoms with E-state index < -0.39 is 0 Å². The molecule has 3 heteroatoms. The molecule has 0 bridgehead atoms. The number of rotatable bonds is 7. The first kappa shape index (κ1) is 13.8. The summed E-state index contributed by atoms with van der Waals surface area (Å²) >= 11 is 1.45. The van der Waals surface area contributed by atoms with E-state index in [-0.39, 0.29) is 0 Å². The van der Waals surface area contributed by atoms with E-state index in [1.807, 2.05) is 17.6 Å². The Kier molecular flexibility index (Phi) is 8.58. The molecule has 0 aliphatic heterocycles. The van der Waals surface area contributed by atoms with Gasteiger partial charge in [-0.05, 0) is 30.1 Å². The minimum atomic E-state index is 0.619. The standard InChI is InChI=1S/C12H17NOS/c1-5-12(8-7-9-13-4)10-15-11(3)14-6-2/h6-10H,2-3,5H2,1,4H3/b8-7-,12-10-,13-9-. The summed E-state index contributed by atoms with van der Waals surface area (Å²) in [5.74, 6) is 0. The molecule has 0 N–H and O–H groups in total. The van der Waals surface area contributed by atoms with Gasteiger partial charge in [0.1, 0.15) is 0 Å². The maximum atomic E-state index is 5.00. The molecule has 0 fully saturated rings. The van der Waals surface area contributed by atoms with E-state index in [1.54, 1.807) is 13.3 Å². The molecular weight excluding hydrogens is 206 g/mol. The van der Waals surface area contributed by atoms with Gasteiger partial charge < -0.3 is 4.74 Å². The van der Waals surface area contributed by atoms with Crippen LogP contribution in [-0.4, -0.2) is 13.3 Å². The normalized spacial score (nSPS) is 12.3. The highest BCUT2D eigenvalue weighted by Gasteiger charge is 1.92. The van der Waals surface area contributed by atoms with Crippen LogP contribution >= 0.6 is 11.8 Å². The van der Waals surface area contributed by atoms with Crippen molar-refractivity contribution in [2.45, 2.75) is 13.3 Å². The fourth-order valence-electron chi connectivity index (χ4n) is 0.755. The summed E-state index contributed by atoms with van der Waals surface area (Å²) in [6.07, 6.45) is 8.01. The van der Waals surface area contributed by atoms with Gasteiger partial charge in [0.25, 0.3) is 0 Å². The molecule has 0 aliphatic carbocycles. The van der Waals surface area contributed by atoms with Crippen LogP contribution in [0.15, 0.2) is 52.6 Å². The Bertz CT molecular complexity index is 290. The maximum Gasteiger partial charge on any atom is 0.156 e. The molecule has 2 nitrogen and oxygen atoms in total. The third-order valence-corrected chi connectivity index (χ3v) is 2.29. The van der Waals surface area contributed by atoms with Crippen LogP contribution in [0, 0.1) is 0 Å². The van der Waals surface area contributed by atoms with Crippen molar-refractivity contribution >= 4 is 18.0 Å². The van der Waals surface area contributed by atoms with E-state index in [0.717, 1.165) is 6.42 Å². The molecule has 0 aromatic carbocycles. The maximum absolute atomic E-state index is 5.00. The summed E-state index contributed by atoms with van der Waals surface area (Å²) in [4.78, 5) is 3.87. The van der Waals surface area contributed by atoms with Gasteiger partial charge in [0.15, 0.2) is 5.09 Å². The zero-order valence-electron chi connectivity index (χ0n) is 9.27. The molecule has 0 aliphatic rings. The number of thioether (sulfide) groups is 1. The Morgan fingerprint density at radius 1 is 1.53 bits per heavy atom. The molecule has 0 saturated carbocycles. The lowest BCUT2D eigenvalue weighted by Gasteiger charge is -2.00. The first-order valence-electron chi connectivity index (χ1n) is 4.65. The molecule has 0 aromatic rings. The van der Waals surface area contributed by atoms with Crippen LogP contribution in [0.4, 0.5) is 0 Å². The van der Waals surface area contributed by atoms with Crippen molar-refractivity contribution in [3.05, 3.63) is 47.6 Å². The van der Waals surface area contributed by atoms with Gasteiger partial charge in [-0.25, -0.2) is 0 Å². The number of aliphatic imine (C=N–C) groups is 1. The van der Waals surface area contributed by atoms with Gasteiger partial charge in [-0.2, -0.15) is 0 Å². The minimum Gasteiger partial charge on any atom is -0.459 e. The molecule has 0 unspecified atom stereocenters. The Labute approximate surface area is 96.1 Å². The van der Waals surface area contributed by atoms with Gasteiger partial charge in [-0.15, -0.1) is 0 Å². The van der Waals surface area contributed by atoms with Crippen molar-refractivity contribution in [2.75, 3.05) is 7.05 Å². The second-order valence-corrected chi connectivity index (χ2v) is 3.51. The highest BCUT2D eigenvalue weighted by atomic mass is 32.2. The van der Waals surface area contributed by atoms with Gasteiger partial charge in [-0.1, -0.05) is 31.3 Å². The van der Waals surface area contributed by atoms with Crippen molar-refractivity contribution in [2.24, 2.45) is 4.99 Å². The van der Waals surface area contributed by atoms with Crippen molar-refractivity contribution in [3.63, 3.8) is 0 Å². The van der Waals surface area contributed by atoms with Gasteiger partial charge in [0.2, 0.25) is 0 Å². The fraction of sp³-hybridized carbons (Fsp3) is 0.250. The number of hydrogen-bond acceptors (Lipinski definition) is 3. The molecular formula is C12H17NOS. The summed E-state index contributed by atoms with van der Waals surface area (Å²) in [7, 11) is 1.74. The molecule has 15 heavy (non-hydrogen) atoms. The van der Waals surface area contributed by atoms with E-state index in [1.165, 1.54) is 23.6 Å². The zero-order valence-corrected chi connectivity index (χ0v) is 10.1. The predicted octanol–water partition coefficient (Wildman–Crippen LogP) is 3.90. The predicted molar refractivity (Wildman–Crippen MR) is 69.9 cm³/mol. The second kappa shape index (κ2) is 9.34. The Balaban J connectivity index is 4.21. The fourth-order valence-corrected chi connectivity index (χ4v) is 1.41. The molecule has 0 saturated heterocycles. The van der Waals surface area contributed by atoms with E-state index >= 15 is 0 Å². The van der Waals surface area contributed by atoms with Crippen LogP contribution in [0.5, 0.6) is 0 Å². The van der Waals surface area contributed by atoms with Gasteiger partial charge >= 0.3 is 0 Å². The number of allylic oxidation sites excluding steroid dienone is 3. The molecule has 0 radical (unpaired) electrons. The lowest BCUT2D eigenvalue weighted by atomic mass is 10.2. The Hall–Kier alpha value is -1.22. The van der Waals surface area contributed by atoms with E-state index in [0.29, 0.717) is 5.09 Å². The smallest absolute Gasteiger partial charge is 0.156 e. The van der Waals surface area contributed by atoms with E-state index in [4.69, 9.17) is 4.74 Å². The summed E-state index contributed by atoms with van der Waals surface area (Å²) in [6.45, 7) is 9.28. The van der Waals surface area contributed by atoms with Crippen molar-refractivity contribution in [1.29, 1.82) is 0 Å². The van der Waals surface area contributed by atoms with Crippen molar-refractivity contribution in [1.82, 2.24) is 0 Å². The minimum absolute atomic E-state index is 0.619. The van der Waals surface area contributed by atoms with Gasteiger partial charge in [0.05, 0.1) is 6.26 Å². The second-order valence-electron chi connectivity index (χ2n) is 2.59. The Morgan fingerprint density at radius 3 is 2.80 bits per heavy atom. The molecule has 0 heterocycles. The van der Waals surface area contributed by atoms with E-state index in [2.05, 4.69) is 25.1 Å².